The highest BCUT2D eigenvalue weighted by atomic mass is 35.5. The maximum Gasteiger partial charge on any atom is 0.269 e. The topological polar surface area (TPSA) is 66.7 Å². The molecule has 0 aliphatic heterocycles. The first kappa shape index (κ1) is 18.7. The molecule has 0 heterocycles. The van der Waals surface area contributed by atoms with Gasteiger partial charge in [0.05, 0.1) is 11.5 Å². The molecule has 1 aromatic carbocycles. The van der Waals surface area contributed by atoms with E-state index in [4.69, 9.17) is 11.6 Å². The number of nitrogens with zero attached hydrogens (tertiary/aromatic N) is 3. The lowest BCUT2D eigenvalue weighted by molar-refractivity contribution is -0.384. The molecule has 1 saturated carbocycles. The maximum absolute atomic E-state index is 12.4. The third-order valence-corrected chi connectivity index (χ3v) is 4.97. The summed E-state index contributed by atoms with van der Waals surface area (Å²) < 4.78 is 0. The summed E-state index contributed by atoms with van der Waals surface area (Å²) in [6.45, 7) is 0.663. The van der Waals surface area contributed by atoms with Crippen LogP contribution in [0.25, 0.3) is 0 Å². The minimum atomic E-state index is -0.443. The maximum atomic E-state index is 12.4. The molecule has 0 bridgehead atoms. The van der Waals surface area contributed by atoms with Crippen molar-refractivity contribution in [2.75, 3.05) is 20.6 Å². The number of likely N-dealkylation sites (N-methyl/N-ethyl adjacent to an activating group) is 2. The monoisotopic (exact) mass is 353 g/mol. The smallest absolute Gasteiger partial charge is 0.269 e. The second-order valence-electron chi connectivity index (χ2n) is 6.50. The molecule has 7 heteroatoms. The molecule has 0 spiro atoms. The number of nitro groups is 1. The van der Waals surface area contributed by atoms with E-state index in [-0.39, 0.29) is 18.1 Å². The van der Waals surface area contributed by atoms with Crippen LogP contribution in [-0.4, -0.2) is 47.3 Å². The van der Waals surface area contributed by atoms with E-state index in [1.165, 1.54) is 37.5 Å². The molecule has 0 unspecified atom stereocenters. The van der Waals surface area contributed by atoms with Crippen molar-refractivity contribution in [3.05, 3.63) is 38.9 Å². The predicted octanol–water partition coefficient (Wildman–Crippen LogP) is 3.47. The lowest BCUT2D eigenvalue weighted by Crippen LogP contribution is -2.43. The number of halogens is 1. The summed E-state index contributed by atoms with van der Waals surface area (Å²) in [7, 11) is 3.69. The van der Waals surface area contributed by atoms with E-state index in [1.54, 1.807) is 0 Å². The van der Waals surface area contributed by atoms with Crippen LogP contribution in [0.1, 0.15) is 37.7 Å². The molecule has 1 fully saturated rings. The van der Waals surface area contributed by atoms with Gasteiger partial charge in [0.25, 0.3) is 5.69 Å². The molecule has 2 rings (SSSR count). The van der Waals surface area contributed by atoms with Crippen LogP contribution in [0.15, 0.2) is 18.2 Å². The summed E-state index contributed by atoms with van der Waals surface area (Å²) in [4.78, 5) is 26.6. The highest BCUT2D eigenvalue weighted by Gasteiger charge is 2.23. The average Bonchev–Trinajstić information content (AvgIpc) is 2.56. The number of carbonyl (C=O) groups excluding carboxylic acids is 1. The van der Waals surface area contributed by atoms with E-state index in [2.05, 4.69) is 0 Å². The van der Waals surface area contributed by atoms with Gasteiger partial charge in [0.1, 0.15) is 0 Å². The Balaban J connectivity index is 1.94. The van der Waals surface area contributed by atoms with Crippen LogP contribution in [0.4, 0.5) is 5.69 Å². The number of nitro benzene ring substituents is 1. The van der Waals surface area contributed by atoms with Gasteiger partial charge in [-0.05, 0) is 31.5 Å². The first-order chi connectivity index (χ1) is 11.4. The highest BCUT2D eigenvalue weighted by molar-refractivity contribution is 6.31. The van der Waals surface area contributed by atoms with Crippen LogP contribution in [0, 0.1) is 10.1 Å². The van der Waals surface area contributed by atoms with E-state index < -0.39 is 4.92 Å². The Hall–Kier alpha value is -1.66. The first-order valence-electron chi connectivity index (χ1n) is 8.25. The van der Waals surface area contributed by atoms with Crippen molar-refractivity contribution in [3.63, 3.8) is 0 Å². The van der Waals surface area contributed by atoms with Crippen molar-refractivity contribution in [2.45, 2.75) is 44.7 Å². The molecule has 132 valence electrons. The molecule has 1 amide bonds. The number of rotatable bonds is 6. The van der Waals surface area contributed by atoms with Gasteiger partial charge in [0, 0.05) is 36.8 Å². The van der Waals surface area contributed by atoms with Crippen molar-refractivity contribution < 1.29 is 9.72 Å². The summed E-state index contributed by atoms with van der Waals surface area (Å²) in [6.07, 6.45) is 5.76. The average molecular weight is 354 g/mol. The van der Waals surface area contributed by atoms with E-state index in [1.807, 2.05) is 23.9 Å². The van der Waals surface area contributed by atoms with Gasteiger partial charge in [-0.3, -0.25) is 19.8 Å². The second kappa shape index (κ2) is 8.44. The van der Waals surface area contributed by atoms with E-state index in [0.29, 0.717) is 23.2 Å². The Kier molecular flexibility index (Phi) is 6.57. The van der Waals surface area contributed by atoms with Crippen molar-refractivity contribution in [1.82, 2.24) is 9.80 Å². The SMILES string of the molecule is CN(CC(=O)N(C)C1CCCCC1)Cc1cc([N+](=O)[O-])ccc1Cl. The summed E-state index contributed by atoms with van der Waals surface area (Å²) in [5.41, 5.74) is 0.662. The van der Waals surface area contributed by atoms with E-state index in [9.17, 15) is 14.9 Å². The Labute approximate surface area is 147 Å². The number of carbonyl (C=O) groups is 1. The molecular weight excluding hydrogens is 330 g/mol. The Morgan fingerprint density at radius 3 is 2.58 bits per heavy atom. The lowest BCUT2D eigenvalue weighted by Gasteiger charge is -2.32. The van der Waals surface area contributed by atoms with E-state index in [0.717, 1.165) is 12.8 Å². The summed E-state index contributed by atoms with van der Waals surface area (Å²) in [5.74, 6) is 0.0750. The molecule has 1 aliphatic carbocycles. The van der Waals surface area contributed by atoms with Gasteiger partial charge in [-0.25, -0.2) is 0 Å². The van der Waals surface area contributed by atoms with Crippen LogP contribution in [0.3, 0.4) is 0 Å². The number of hydrogen-bond donors (Lipinski definition) is 0. The molecule has 0 atom stereocenters. The van der Waals surface area contributed by atoms with Gasteiger partial charge in [-0.2, -0.15) is 0 Å². The molecule has 0 N–H and O–H groups in total. The van der Waals surface area contributed by atoms with Gasteiger partial charge < -0.3 is 4.90 Å². The largest absolute Gasteiger partial charge is 0.342 e. The van der Waals surface area contributed by atoms with Crippen LogP contribution in [0.2, 0.25) is 5.02 Å². The fourth-order valence-electron chi connectivity index (χ4n) is 3.16. The van der Waals surface area contributed by atoms with Crippen molar-refractivity contribution in [3.8, 4) is 0 Å². The second-order valence-corrected chi connectivity index (χ2v) is 6.91. The molecule has 0 saturated heterocycles. The molecule has 1 aromatic rings. The predicted molar refractivity (Wildman–Crippen MR) is 94.1 cm³/mol. The van der Waals surface area contributed by atoms with Crippen LogP contribution in [-0.2, 0) is 11.3 Å². The van der Waals surface area contributed by atoms with Crippen molar-refractivity contribution in [1.29, 1.82) is 0 Å². The third kappa shape index (κ3) is 4.92. The fraction of sp³-hybridized carbons (Fsp3) is 0.588. The standard InChI is InChI=1S/C17H24ClN3O3/c1-19(11-13-10-15(21(23)24)8-9-16(13)18)12-17(22)20(2)14-6-4-3-5-7-14/h8-10,14H,3-7,11-12H2,1-2H3. The molecular formula is C17H24ClN3O3. The zero-order valence-corrected chi connectivity index (χ0v) is 15.0. The summed E-state index contributed by atoms with van der Waals surface area (Å²) in [6, 6.07) is 4.71. The van der Waals surface area contributed by atoms with E-state index >= 15 is 0 Å². The lowest BCUT2D eigenvalue weighted by atomic mass is 9.94. The zero-order valence-electron chi connectivity index (χ0n) is 14.2. The molecule has 1 aliphatic rings. The number of benzene rings is 1. The number of hydrogen-bond acceptors (Lipinski definition) is 4. The quantitative estimate of drug-likeness (QED) is 0.580. The fourth-order valence-corrected chi connectivity index (χ4v) is 3.33. The van der Waals surface area contributed by atoms with Gasteiger partial charge in [0.15, 0.2) is 0 Å². The molecule has 24 heavy (non-hydrogen) atoms. The molecule has 0 aromatic heterocycles. The normalized spacial score (nSPS) is 15.5. The zero-order chi connectivity index (χ0) is 17.7. The van der Waals surface area contributed by atoms with Crippen molar-refractivity contribution >= 4 is 23.2 Å². The van der Waals surface area contributed by atoms with Crippen LogP contribution >= 0.6 is 11.6 Å². The van der Waals surface area contributed by atoms with Crippen molar-refractivity contribution in [2.24, 2.45) is 0 Å². The minimum absolute atomic E-state index is 0.00782. The highest BCUT2D eigenvalue weighted by Crippen LogP contribution is 2.24. The summed E-state index contributed by atoms with van der Waals surface area (Å²) >= 11 is 6.12. The summed E-state index contributed by atoms with van der Waals surface area (Å²) in [5, 5.41) is 11.4. The first-order valence-corrected chi connectivity index (χ1v) is 8.63. The molecule has 0 radical (unpaired) electrons. The minimum Gasteiger partial charge on any atom is -0.342 e. The molecule has 6 nitrogen and oxygen atoms in total. The number of amides is 1. The van der Waals surface area contributed by atoms with Gasteiger partial charge in [0.2, 0.25) is 5.91 Å². The Morgan fingerprint density at radius 1 is 1.29 bits per heavy atom. The van der Waals surface area contributed by atoms with Gasteiger partial charge in [-0.15, -0.1) is 0 Å². The third-order valence-electron chi connectivity index (χ3n) is 4.60. The number of non-ortho nitro benzene ring substituents is 1. The van der Waals surface area contributed by atoms with Crippen LogP contribution < -0.4 is 0 Å². The Morgan fingerprint density at radius 2 is 1.96 bits per heavy atom. The van der Waals surface area contributed by atoms with Crippen LogP contribution in [0.5, 0.6) is 0 Å². The van der Waals surface area contributed by atoms with Gasteiger partial charge in [-0.1, -0.05) is 30.9 Å². The Bertz CT molecular complexity index is 603. The van der Waals surface area contributed by atoms with Gasteiger partial charge >= 0.3 is 0 Å².